The molecule has 0 aliphatic carbocycles. The molecule has 4 nitrogen and oxygen atoms in total. The quantitative estimate of drug-likeness (QED) is 0.891. The highest BCUT2D eigenvalue weighted by atomic mass is 16.2. The van der Waals surface area contributed by atoms with Crippen molar-refractivity contribution in [3.63, 3.8) is 0 Å². The van der Waals surface area contributed by atoms with Crippen LogP contribution in [0, 0.1) is 0 Å². The minimum atomic E-state index is 0.0195. The van der Waals surface area contributed by atoms with Crippen molar-refractivity contribution in [2.45, 2.75) is 25.4 Å². The molecule has 1 aliphatic rings. The zero-order chi connectivity index (χ0) is 13.8. The Hall–Kier alpha value is -1.55. The molecule has 1 saturated heterocycles. The highest BCUT2D eigenvalue weighted by Crippen LogP contribution is 2.14. The van der Waals surface area contributed by atoms with E-state index in [0.717, 1.165) is 19.4 Å². The lowest BCUT2D eigenvalue weighted by Crippen LogP contribution is -2.41. The van der Waals surface area contributed by atoms with Crippen LogP contribution in [0.3, 0.4) is 0 Å². The molecule has 1 N–H and O–H groups in total. The molecule has 0 saturated carbocycles. The summed E-state index contributed by atoms with van der Waals surface area (Å²) >= 11 is 0. The number of anilines is 1. The van der Waals surface area contributed by atoms with Crippen molar-refractivity contribution < 1.29 is 4.79 Å². The fourth-order valence-electron chi connectivity index (χ4n) is 2.41. The second-order valence-corrected chi connectivity index (χ2v) is 5.40. The summed E-state index contributed by atoms with van der Waals surface area (Å²) in [5.74, 6) is 0.203. The van der Waals surface area contributed by atoms with E-state index in [1.54, 1.807) is 0 Å². The van der Waals surface area contributed by atoms with Gasteiger partial charge in [0.25, 0.3) is 0 Å². The third-order valence-electron chi connectivity index (χ3n) is 3.61. The molecular weight excluding hydrogens is 238 g/mol. The lowest BCUT2D eigenvalue weighted by atomic mass is 10.1. The number of carbonyl (C=O) groups is 1. The van der Waals surface area contributed by atoms with Crippen molar-refractivity contribution >= 4 is 11.6 Å². The van der Waals surface area contributed by atoms with Crippen molar-refractivity contribution in [1.82, 2.24) is 10.2 Å². The molecule has 4 heteroatoms. The SMILES string of the molecule is CN(Cc1ccc(N(C)C)cc1)C(=O)[C@H]1CCCN1. The van der Waals surface area contributed by atoms with E-state index in [-0.39, 0.29) is 11.9 Å². The number of hydrogen-bond acceptors (Lipinski definition) is 3. The zero-order valence-corrected chi connectivity index (χ0v) is 12.0. The molecule has 1 aliphatic heterocycles. The average molecular weight is 261 g/mol. The first-order valence-corrected chi connectivity index (χ1v) is 6.82. The first kappa shape index (κ1) is 13.9. The van der Waals surface area contributed by atoms with Crippen LogP contribution in [0.5, 0.6) is 0 Å². The molecule has 1 amide bonds. The van der Waals surface area contributed by atoms with E-state index in [1.807, 2.05) is 26.0 Å². The minimum absolute atomic E-state index is 0.0195. The first-order chi connectivity index (χ1) is 9.08. The predicted molar refractivity (Wildman–Crippen MR) is 78.3 cm³/mol. The van der Waals surface area contributed by atoms with Crippen LogP contribution in [0.4, 0.5) is 5.69 Å². The number of carbonyl (C=O) groups excluding carboxylic acids is 1. The molecule has 1 aromatic rings. The van der Waals surface area contributed by atoms with Crippen LogP contribution < -0.4 is 10.2 Å². The minimum Gasteiger partial charge on any atom is -0.378 e. The molecule has 2 rings (SSSR count). The summed E-state index contributed by atoms with van der Waals surface area (Å²) in [7, 11) is 5.93. The van der Waals surface area contributed by atoms with Gasteiger partial charge in [-0.25, -0.2) is 0 Å². The summed E-state index contributed by atoms with van der Waals surface area (Å²) < 4.78 is 0. The van der Waals surface area contributed by atoms with Crippen LogP contribution in [0.2, 0.25) is 0 Å². The van der Waals surface area contributed by atoms with Gasteiger partial charge in [0.2, 0.25) is 5.91 Å². The predicted octanol–water partition coefficient (Wildman–Crippen LogP) is 1.46. The Kier molecular flexibility index (Phi) is 4.43. The third kappa shape index (κ3) is 3.47. The zero-order valence-electron chi connectivity index (χ0n) is 12.0. The van der Waals surface area contributed by atoms with Crippen molar-refractivity contribution in [2.24, 2.45) is 0 Å². The molecule has 0 bridgehead atoms. The van der Waals surface area contributed by atoms with Crippen LogP contribution in [0.25, 0.3) is 0 Å². The molecule has 19 heavy (non-hydrogen) atoms. The number of benzene rings is 1. The summed E-state index contributed by atoms with van der Waals surface area (Å²) in [5.41, 5.74) is 2.34. The molecule has 0 radical (unpaired) electrons. The fourth-order valence-corrected chi connectivity index (χ4v) is 2.41. The molecule has 1 fully saturated rings. The van der Waals surface area contributed by atoms with Gasteiger partial charge in [-0.05, 0) is 37.1 Å². The van der Waals surface area contributed by atoms with Crippen molar-refractivity contribution in [2.75, 3.05) is 32.6 Å². The third-order valence-corrected chi connectivity index (χ3v) is 3.61. The normalized spacial score (nSPS) is 18.4. The van der Waals surface area contributed by atoms with Crippen LogP contribution >= 0.6 is 0 Å². The number of nitrogens with one attached hydrogen (secondary N) is 1. The smallest absolute Gasteiger partial charge is 0.239 e. The Labute approximate surface area is 115 Å². The number of rotatable bonds is 4. The number of nitrogens with zero attached hydrogens (tertiary/aromatic N) is 2. The van der Waals surface area contributed by atoms with E-state index >= 15 is 0 Å². The van der Waals surface area contributed by atoms with E-state index in [4.69, 9.17) is 0 Å². The van der Waals surface area contributed by atoms with Crippen LogP contribution in [0.1, 0.15) is 18.4 Å². The molecule has 1 heterocycles. The van der Waals surface area contributed by atoms with Gasteiger partial charge in [0.15, 0.2) is 0 Å². The van der Waals surface area contributed by atoms with Crippen molar-refractivity contribution in [3.8, 4) is 0 Å². The summed E-state index contributed by atoms with van der Waals surface area (Å²) in [4.78, 5) is 16.1. The topological polar surface area (TPSA) is 35.6 Å². The first-order valence-electron chi connectivity index (χ1n) is 6.82. The van der Waals surface area contributed by atoms with Gasteiger partial charge in [0.05, 0.1) is 6.04 Å². The van der Waals surface area contributed by atoms with Gasteiger partial charge in [0, 0.05) is 33.4 Å². The molecule has 0 aromatic heterocycles. The van der Waals surface area contributed by atoms with Gasteiger partial charge in [-0.2, -0.15) is 0 Å². The number of likely N-dealkylation sites (N-methyl/N-ethyl adjacent to an activating group) is 1. The van der Waals surface area contributed by atoms with Crippen LogP contribution in [0.15, 0.2) is 24.3 Å². The second kappa shape index (κ2) is 6.06. The van der Waals surface area contributed by atoms with Gasteiger partial charge < -0.3 is 15.1 Å². The van der Waals surface area contributed by atoms with Gasteiger partial charge in [-0.3, -0.25) is 4.79 Å². The molecule has 0 unspecified atom stereocenters. The van der Waals surface area contributed by atoms with E-state index in [1.165, 1.54) is 11.3 Å². The Bertz CT molecular complexity index is 422. The molecule has 104 valence electrons. The number of hydrogen-bond donors (Lipinski definition) is 1. The highest BCUT2D eigenvalue weighted by molar-refractivity contribution is 5.81. The van der Waals surface area contributed by atoms with E-state index in [2.05, 4.69) is 34.5 Å². The maximum absolute atomic E-state index is 12.2. The monoisotopic (exact) mass is 261 g/mol. The molecule has 1 aromatic carbocycles. The van der Waals surface area contributed by atoms with Gasteiger partial charge >= 0.3 is 0 Å². The van der Waals surface area contributed by atoms with Crippen LogP contribution in [-0.4, -0.2) is 44.5 Å². The second-order valence-electron chi connectivity index (χ2n) is 5.40. The van der Waals surface area contributed by atoms with Crippen molar-refractivity contribution in [1.29, 1.82) is 0 Å². The fraction of sp³-hybridized carbons (Fsp3) is 0.533. The Morgan fingerprint density at radius 3 is 2.47 bits per heavy atom. The van der Waals surface area contributed by atoms with Gasteiger partial charge in [-0.1, -0.05) is 12.1 Å². The van der Waals surface area contributed by atoms with Gasteiger partial charge in [-0.15, -0.1) is 0 Å². The largest absolute Gasteiger partial charge is 0.378 e. The van der Waals surface area contributed by atoms with E-state index in [9.17, 15) is 4.79 Å². The number of amides is 1. The van der Waals surface area contributed by atoms with Gasteiger partial charge in [0.1, 0.15) is 0 Å². The summed E-state index contributed by atoms with van der Waals surface area (Å²) in [5, 5.41) is 3.25. The Balaban J connectivity index is 1.94. The van der Waals surface area contributed by atoms with E-state index in [0.29, 0.717) is 6.54 Å². The van der Waals surface area contributed by atoms with E-state index < -0.39 is 0 Å². The lowest BCUT2D eigenvalue weighted by Gasteiger charge is -2.21. The summed E-state index contributed by atoms with van der Waals surface area (Å²) in [6.45, 7) is 1.63. The molecule has 1 atom stereocenters. The molecule has 0 spiro atoms. The Morgan fingerprint density at radius 1 is 1.26 bits per heavy atom. The lowest BCUT2D eigenvalue weighted by molar-refractivity contribution is -0.132. The molecular formula is C15H23N3O. The average Bonchev–Trinajstić information content (AvgIpc) is 2.92. The summed E-state index contributed by atoms with van der Waals surface area (Å²) in [6.07, 6.45) is 2.06. The Morgan fingerprint density at radius 2 is 1.95 bits per heavy atom. The highest BCUT2D eigenvalue weighted by Gasteiger charge is 2.24. The van der Waals surface area contributed by atoms with Crippen molar-refractivity contribution in [3.05, 3.63) is 29.8 Å². The maximum atomic E-state index is 12.2. The standard InChI is InChI=1S/C15H23N3O/c1-17(2)13-8-6-12(7-9-13)11-18(3)15(19)14-5-4-10-16-14/h6-9,14,16H,4-5,10-11H2,1-3H3/t14-/m1/s1. The summed E-state index contributed by atoms with van der Waals surface area (Å²) in [6, 6.07) is 8.36. The maximum Gasteiger partial charge on any atom is 0.239 e. The van der Waals surface area contributed by atoms with Crippen LogP contribution in [-0.2, 0) is 11.3 Å².